The number of amides is 1. The van der Waals surface area contributed by atoms with Crippen LogP contribution in [-0.2, 0) is 14.6 Å². The standard InChI is InChI=1S/C17H30N4O3S.HI/c1-2-6-18-16(19-10-14-4-8-25(23,24)11-14)21-7-3-5-17(13-21)9-15(22)20-12-17;/h14H,2-13H2,1H3,(H,18,19)(H,20,22);1H. The molecule has 3 fully saturated rings. The van der Waals surface area contributed by atoms with Crippen LogP contribution < -0.4 is 10.6 Å². The highest BCUT2D eigenvalue weighted by Gasteiger charge is 2.42. The van der Waals surface area contributed by atoms with Gasteiger partial charge in [-0.3, -0.25) is 9.79 Å². The molecular formula is C17H31IN4O3S. The first-order valence-electron chi connectivity index (χ1n) is 9.42. The van der Waals surface area contributed by atoms with Crippen molar-refractivity contribution >= 4 is 45.7 Å². The lowest BCUT2D eigenvalue weighted by Gasteiger charge is -2.41. The van der Waals surface area contributed by atoms with E-state index in [1.54, 1.807) is 0 Å². The zero-order valence-electron chi connectivity index (χ0n) is 15.5. The Bertz CT molecular complexity index is 640. The molecule has 0 aromatic rings. The van der Waals surface area contributed by atoms with Gasteiger partial charge >= 0.3 is 0 Å². The summed E-state index contributed by atoms with van der Waals surface area (Å²) in [4.78, 5) is 18.7. The van der Waals surface area contributed by atoms with E-state index in [1.807, 2.05) is 0 Å². The van der Waals surface area contributed by atoms with Gasteiger partial charge in [0.2, 0.25) is 5.91 Å². The second-order valence-corrected chi connectivity index (χ2v) is 10.1. The molecule has 2 atom stereocenters. The Morgan fingerprint density at radius 2 is 2.27 bits per heavy atom. The number of nitrogens with zero attached hydrogens (tertiary/aromatic N) is 2. The zero-order chi connectivity index (χ0) is 17.9. The van der Waals surface area contributed by atoms with E-state index in [9.17, 15) is 13.2 Å². The average Bonchev–Trinajstić information content (AvgIpc) is 3.10. The van der Waals surface area contributed by atoms with Crippen LogP contribution in [0.15, 0.2) is 4.99 Å². The molecule has 3 heterocycles. The molecule has 2 N–H and O–H groups in total. The molecule has 3 aliphatic rings. The van der Waals surface area contributed by atoms with E-state index in [0.29, 0.717) is 18.7 Å². The normalized spacial score (nSPS) is 31.0. The second-order valence-electron chi connectivity index (χ2n) is 7.84. The van der Waals surface area contributed by atoms with Crippen LogP contribution in [0.2, 0.25) is 0 Å². The zero-order valence-corrected chi connectivity index (χ0v) is 18.6. The van der Waals surface area contributed by atoms with Gasteiger partial charge < -0.3 is 15.5 Å². The summed E-state index contributed by atoms with van der Waals surface area (Å²) in [5.74, 6) is 1.73. The second kappa shape index (κ2) is 9.07. The smallest absolute Gasteiger partial charge is 0.220 e. The highest BCUT2D eigenvalue weighted by Crippen LogP contribution is 2.36. The quantitative estimate of drug-likeness (QED) is 0.343. The number of hydrogen-bond acceptors (Lipinski definition) is 4. The molecule has 2 unspecified atom stereocenters. The molecular weight excluding hydrogens is 467 g/mol. The van der Waals surface area contributed by atoms with Crippen LogP contribution in [0.1, 0.15) is 39.0 Å². The van der Waals surface area contributed by atoms with Gasteiger partial charge in [-0.1, -0.05) is 6.92 Å². The summed E-state index contributed by atoms with van der Waals surface area (Å²) in [6.07, 6.45) is 4.46. The number of aliphatic imine (C=N–C) groups is 1. The maximum Gasteiger partial charge on any atom is 0.220 e. The number of halogens is 1. The van der Waals surface area contributed by atoms with Gasteiger partial charge in [0.25, 0.3) is 0 Å². The molecule has 0 aliphatic carbocycles. The van der Waals surface area contributed by atoms with Gasteiger partial charge in [-0.05, 0) is 31.6 Å². The molecule has 3 saturated heterocycles. The maximum absolute atomic E-state index is 11.7. The number of carbonyl (C=O) groups excluding carboxylic acids is 1. The van der Waals surface area contributed by atoms with Gasteiger partial charge in [-0.25, -0.2) is 8.42 Å². The van der Waals surface area contributed by atoms with Crippen LogP contribution in [0.25, 0.3) is 0 Å². The van der Waals surface area contributed by atoms with Gasteiger partial charge in [0.15, 0.2) is 15.8 Å². The lowest BCUT2D eigenvalue weighted by molar-refractivity contribution is -0.119. The fourth-order valence-electron chi connectivity index (χ4n) is 4.17. The first kappa shape index (κ1) is 21.7. The van der Waals surface area contributed by atoms with E-state index in [4.69, 9.17) is 4.99 Å². The molecule has 3 rings (SSSR count). The molecule has 0 saturated carbocycles. The van der Waals surface area contributed by atoms with Crippen LogP contribution in [0.4, 0.5) is 0 Å². The minimum atomic E-state index is -2.86. The minimum Gasteiger partial charge on any atom is -0.356 e. The van der Waals surface area contributed by atoms with Crippen LogP contribution in [0, 0.1) is 11.3 Å². The third kappa shape index (κ3) is 5.46. The Labute approximate surface area is 173 Å². The van der Waals surface area contributed by atoms with Crippen molar-refractivity contribution in [1.29, 1.82) is 0 Å². The van der Waals surface area contributed by atoms with Crippen molar-refractivity contribution in [2.45, 2.75) is 39.0 Å². The minimum absolute atomic E-state index is 0. The number of nitrogens with one attached hydrogen (secondary N) is 2. The Morgan fingerprint density at radius 1 is 1.46 bits per heavy atom. The Kier molecular flexibility index (Phi) is 7.58. The molecule has 150 valence electrons. The summed E-state index contributed by atoms with van der Waals surface area (Å²) < 4.78 is 23.3. The highest BCUT2D eigenvalue weighted by atomic mass is 127. The van der Waals surface area contributed by atoms with E-state index in [0.717, 1.165) is 57.8 Å². The molecule has 9 heteroatoms. The fraction of sp³-hybridized carbons (Fsp3) is 0.882. The highest BCUT2D eigenvalue weighted by molar-refractivity contribution is 14.0. The van der Waals surface area contributed by atoms with Crippen molar-refractivity contribution in [3.05, 3.63) is 0 Å². The summed E-state index contributed by atoms with van der Waals surface area (Å²) in [7, 11) is -2.86. The number of likely N-dealkylation sites (tertiary alicyclic amines) is 1. The molecule has 0 aromatic heterocycles. The lowest BCUT2D eigenvalue weighted by Crippen LogP contribution is -2.51. The molecule has 1 amide bonds. The monoisotopic (exact) mass is 498 g/mol. The average molecular weight is 498 g/mol. The Morgan fingerprint density at radius 3 is 2.88 bits per heavy atom. The van der Waals surface area contributed by atoms with E-state index in [1.165, 1.54) is 0 Å². The number of carbonyl (C=O) groups is 1. The van der Waals surface area contributed by atoms with Crippen molar-refractivity contribution < 1.29 is 13.2 Å². The molecule has 0 bridgehead atoms. The lowest BCUT2D eigenvalue weighted by atomic mass is 9.79. The van der Waals surface area contributed by atoms with Gasteiger partial charge in [-0.15, -0.1) is 24.0 Å². The van der Waals surface area contributed by atoms with Crippen molar-refractivity contribution in [1.82, 2.24) is 15.5 Å². The van der Waals surface area contributed by atoms with Gasteiger partial charge in [0.05, 0.1) is 11.5 Å². The maximum atomic E-state index is 11.7. The van der Waals surface area contributed by atoms with Gasteiger partial charge in [0.1, 0.15) is 0 Å². The first-order chi connectivity index (χ1) is 11.9. The number of sulfone groups is 1. The molecule has 7 nitrogen and oxygen atoms in total. The third-order valence-electron chi connectivity index (χ3n) is 5.52. The van der Waals surface area contributed by atoms with Crippen molar-refractivity contribution in [2.24, 2.45) is 16.3 Å². The molecule has 3 aliphatic heterocycles. The molecule has 0 radical (unpaired) electrons. The fourth-order valence-corrected chi connectivity index (χ4v) is 6.01. The van der Waals surface area contributed by atoms with E-state index in [-0.39, 0.29) is 47.0 Å². The Hall–Kier alpha value is -0.580. The Balaban J connectivity index is 0.00000243. The van der Waals surface area contributed by atoms with Gasteiger partial charge in [-0.2, -0.15) is 0 Å². The SMILES string of the molecule is CCCNC(=NCC1CCS(=O)(=O)C1)N1CCCC2(CNC(=O)C2)C1.I. The summed E-state index contributed by atoms with van der Waals surface area (Å²) in [5, 5.41) is 6.40. The van der Waals surface area contributed by atoms with Gasteiger partial charge in [0, 0.05) is 44.6 Å². The van der Waals surface area contributed by atoms with Crippen molar-refractivity contribution in [3.63, 3.8) is 0 Å². The number of piperidine rings is 1. The van der Waals surface area contributed by atoms with Crippen molar-refractivity contribution in [3.8, 4) is 0 Å². The molecule has 0 aromatic carbocycles. The number of rotatable bonds is 4. The van der Waals surface area contributed by atoms with Crippen molar-refractivity contribution in [2.75, 3.05) is 44.2 Å². The van der Waals surface area contributed by atoms with Crippen LogP contribution >= 0.6 is 24.0 Å². The van der Waals surface area contributed by atoms with Crippen LogP contribution in [0.5, 0.6) is 0 Å². The summed E-state index contributed by atoms with van der Waals surface area (Å²) in [6.45, 7) is 6.06. The first-order valence-corrected chi connectivity index (χ1v) is 11.2. The van der Waals surface area contributed by atoms with E-state index in [2.05, 4.69) is 22.5 Å². The van der Waals surface area contributed by atoms with Crippen LogP contribution in [-0.4, -0.2) is 69.4 Å². The van der Waals surface area contributed by atoms with E-state index >= 15 is 0 Å². The number of hydrogen-bond donors (Lipinski definition) is 2. The van der Waals surface area contributed by atoms with E-state index < -0.39 is 9.84 Å². The summed E-state index contributed by atoms with van der Waals surface area (Å²) in [5.41, 5.74) is 0.0285. The topological polar surface area (TPSA) is 90.9 Å². The predicted octanol–water partition coefficient (Wildman–Crippen LogP) is 0.997. The molecule has 1 spiro atoms. The predicted molar refractivity (Wildman–Crippen MR) is 114 cm³/mol. The molecule has 26 heavy (non-hydrogen) atoms. The third-order valence-corrected chi connectivity index (χ3v) is 7.35. The summed E-state index contributed by atoms with van der Waals surface area (Å²) >= 11 is 0. The largest absolute Gasteiger partial charge is 0.356 e. The summed E-state index contributed by atoms with van der Waals surface area (Å²) in [6, 6.07) is 0. The van der Waals surface area contributed by atoms with Crippen LogP contribution in [0.3, 0.4) is 0 Å². The number of guanidine groups is 1.